The summed E-state index contributed by atoms with van der Waals surface area (Å²) in [5.41, 5.74) is 1.23. The third kappa shape index (κ3) is 3.60. The molecular formula is C18H18ClNO2. The van der Waals surface area contributed by atoms with Crippen LogP contribution in [0.4, 0.5) is 4.79 Å². The van der Waals surface area contributed by atoms with Crippen LogP contribution in [0.2, 0.25) is 0 Å². The summed E-state index contributed by atoms with van der Waals surface area (Å²) in [6.45, 7) is 1.45. The Morgan fingerprint density at radius 2 is 1.73 bits per heavy atom. The Morgan fingerprint density at radius 3 is 2.41 bits per heavy atom. The van der Waals surface area contributed by atoms with Crippen LogP contribution in [0.15, 0.2) is 54.6 Å². The Balaban J connectivity index is 1.67. The molecule has 1 aliphatic heterocycles. The Bertz CT molecular complexity index is 627. The highest BCUT2D eigenvalue weighted by atomic mass is 35.5. The number of halogens is 1. The molecule has 1 unspecified atom stereocenters. The molecule has 114 valence electrons. The minimum Gasteiger partial charge on any atom is -0.457 e. The van der Waals surface area contributed by atoms with Crippen molar-refractivity contribution in [2.75, 3.05) is 13.1 Å². The van der Waals surface area contributed by atoms with Crippen LogP contribution < -0.4 is 4.74 Å². The van der Waals surface area contributed by atoms with Crippen molar-refractivity contribution in [3.63, 3.8) is 0 Å². The van der Waals surface area contributed by atoms with Gasteiger partial charge in [0, 0.05) is 19.0 Å². The molecule has 0 saturated carbocycles. The molecule has 22 heavy (non-hydrogen) atoms. The second-order valence-corrected chi connectivity index (χ2v) is 5.85. The highest BCUT2D eigenvalue weighted by molar-refractivity contribution is 6.62. The lowest BCUT2D eigenvalue weighted by molar-refractivity contribution is 0.202. The molecule has 0 aromatic heterocycles. The van der Waals surface area contributed by atoms with Crippen molar-refractivity contribution >= 4 is 17.0 Å². The number of para-hydroxylation sites is 1. The molecule has 1 saturated heterocycles. The Hall–Kier alpha value is -2.00. The number of benzene rings is 2. The average molecular weight is 316 g/mol. The molecule has 0 spiro atoms. The van der Waals surface area contributed by atoms with Gasteiger partial charge in [-0.3, -0.25) is 4.79 Å². The molecule has 0 bridgehead atoms. The highest BCUT2D eigenvalue weighted by Crippen LogP contribution is 2.29. The maximum atomic E-state index is 11.3. The number of rotatable bonds is 3. The molecule has 1 atom stereocenters. The van der Waals surface area contributed by atoms with Crippen molar-refractivity contribution in [1.82, 2.24) is 4.90 Å². The SMILES string of the molecule is O=C(Cl)N1CCCC(c2ccc(Oc3ccccc3)cc2)C1. The van der Waals surface area contributed by atoms with Crippen LogP contribution in [0.5, 0.6) is 11.5 Å². The molecule has 0 N–H and O–H groups in total. The van der Waals surface area contributed by atoms with Gasteiger partial charge in [0.15, 0.2) is 0 Å². The van der Waals surface area contributed by atoms with E-state index in [1.807, 2.05) is 42.5 Å². The van der Waals surface area contributed by atoms with Crippen LogP contribution in [0.25, 0.3) is 0 Å². The van der Waals surface area contributed by atoms with E-state index in [2.05, 4.69) is 12.1 Å². The van der Waals surface area contributed by atoms with Crippen molar-refractivity contribution in [1.29, 1.82) is 0 Å². The summed E-state index contributed by atoms with van der Waals surface area (Å²) in [5, 5.41) is -0.353. The van der Waals surface area contributed by atoms with Crippen LogP contribution in [0.3, 0.4) is 0 Å². The average Bonchev–Trinajstić information content (AvgIpc) is 2.56. The first-order valence-corrected chi connectivity index (χ1v) is 7.87. The summed E-state index contributed by atoms with van der Waals surface area (Å²) in [6.07, 6.45) is 2.07. The number of likely N-dealkylation sites (tertiary alicyclic amines) is 1. The predicted octanol–water partition coefficient (Wildman–Crippen LogP) is 5.02. The molecule has 4 heteroatoms. The molecule has 1 fully saturated rings. The van der Waals surface area contributed by atoms with Crippen molar-refractivity contribution in [2.45, 2.75) is 18.8 Å². The number of carbonyl (C=O) groups excluding carboxylic acids is 1. The number of piperidine rings is 1. The maximum absolute atomic E-state index is 11.3. The summed E-state index contributed by atoms with van der Waals surface area (Å²) in [5.74, 6) is 1.99. The lowest BCUT2D eigenvalue weighted by Crippen LogP contribution is -2.35. The van der Waals surface area contributed by atoms with E-state index >= 15 is 0 Å². The van der Waals surface area contributed by atoms with Gasteiger partial charge >= 0.3 is 5.37 Å². The summed E-state index contributed by atoms with van der Waals surface area (Å²) >= 11 is 5.59. The molecule has 0 aliphatic carbocycles. The van der Waals surface area contributed by atoms with Crippen molar-refractivity contribution in [3.05, 3.63) is 60.2 Å². The number of nitrogens with zero attached hydrogens (tertiary/aromatic N) is 1. The molecule has 1 heterocycles. The van der Waals surface area contributed by atoms with Crippen LogP contribution in [-0.4, -0.2) is 23.4 Å². The predicted molar refractivity (Wildman–Crippen MR) is 87.8 cm³/mol. The standard InChI is InChI=1S/C18H18ClNO2/c19-18(21)20-12-4-5-15(13-20)14-8-10-17(11-9-14)22-16-6-2-1-3-7-16/h1-3,6-11,15H,4-5,12-13H2. The summed E-state index contributed by atoms with van der Waals surface area (Å²) in [7, 11) is 0. The normalized spacial score (nSPS) is 18.0. The van der Waals surface area contributed by atoms with Crippen molar-refractivity contribution in [3.8, 4) is 11.5 Å². The fourth-order valence-electron chi connectivity index (χ4n) is 2.84. The van der Waals surface area contributed by atoms with Gasteiger partial charge in [0.05, 0.1) is 0 Å². The van der Waals surface area contributed by atoms with Crippen LogP contribution >= 0.6 is 11.6 Å². The van der Waals surface area contributed by atoms with Crippen molar-refractivity contribution in [2.24, 2.45) is 0 Å². The van der Waals surface area contributed by atoms with E-state index in [0.717, 1.165) is 30.9 Å². The summed E-state index contributed by atoms with van der Waals surface area (Å²) in [4.78, 5) is 13.0. The van der Waals surface area contributed by atoms with Gasteiger partial charge in [-0.05, 0) is 54.3 Å². The third-order valence-corrected chi connectivity index (χ3v) is 4.24. The number of hydrogen-bond acceptors (Lipinski definition) is 2. The lowest BCUT2D eigenvalue weighted by Gasteiger charge is -2.31. The van der Waals surface area contributed by atoms with Crippen molar-refractivity contribution < 1.29 is 9.53 Å². The lowest BCUT2D eigenvalue weighted by atomic mass is 9.91. The van der Waals surface area contributed by atoms with Gasteiger partial charge in [-0.1, -0.05) is 30.3 Å². The minimum atomic E-state index is -0.353. The number of hydrogen-bond donors (Lipinski definition) is 0. The zero-order valence-corrected chi connectivity index (χ0v) is 13.0. The Kier molecular flexibility index (Phi) is 4.64. The summed E-state index contributed by atoms with van der Waals surface area (Å²) < 4.78 is 5.79. The number of carbonyl (C=O) groups is 1. The van der Waals surface area contributed by atoms with Gasteiger partial charge in [-0.15, -0.1) is 0 Å². The summed E-state index contributed by atoms with van der Waals surface area (Å²) in [6, 6.07) is 17.8. The number of ether oxygens (including phenoxy) is 1. The zero-order valence-electron chi connectivity index (χ0n) is 12.2. The fraction of sp³-hybridized carbons (Fsp3) is 0.278. The fourth-order valence-corrected chi connectivity index (χ4v) is 3.00. The van der Waals surface area contributed by atoms with E-state index in [1.165, 1.54) is 5.56 Å². The molecule has 1 amide bonds. The van der Waals surface area contributed by atoms with Gasteiger partial charge in [-0.25, -0.2) is 0 Å². The first-order valence-electron chi connectivity index (χ1n) is 7.49. The number of amides is 1. The highest BCUT2D eigenvalue weighted by Gasteiger charge is 2.23. The molecule has 1 aliphatic rings. The largest absolute Gasteiger partial charge is 0.457 e. The monoisotopic (exact) mass is 315 g/mol. The molecule has 0 radical (unpaired) electrons. The van der Waals surface area contributed by atoms with E-state index in [1.54, 1.807) is 4.90 Å². The van der Waals surface area contributed by atoms with E-state index in [9.17, 15) is 4.79 Å². The van der Waals surface area contributed by atoms with Gasteiger partial charge in [0.25, 0.3) is 0 Å². The van der Waals surface area contributed by atoms with Crippen LogP contribution in [-0.2, 0) is 0 Å². The molecule has 2 aromatic carbocycles. The maximum Gasteiger partial charge on any atom is 0.316 e. The molecule has 3 rings (SSSR count). The second-order valence-electron chi connectivity index (χ2n) is 5.52. The van der Waals surface area contributed by atoms with Gasteiger partial charge in [0.1, 0.15) is 11.5 Å². The van der Waals surface area contributed by atoms with Crippen LogP contribution in [0.1, 0.15) is 24.3 Å². The van der Waals surface area contributed by atoms with E-state index in [-0.39, 0.29) is 5.37 Å². The molecule has 2 aromatic rings. The van der Waals surface area contributed by atoms with Crippen LogP contribution in [0, 0.1) is 0 Å². The first kappa shape index (κ1) is 14.9. The molecular weight excluding hydrogens is 298 g/mol. The topological polar surface area (TPSA) is 29.5 Å². The van der Waals surface area contributed by atoms with Gasteiger partial charge < -0.3 is 9.64 Å². The zero-order chi connectivity index (χ0) is 15.4. The Labute approximate surface area is 135 Å². The quantitative estimate of drug-likeness (QED) is 0.588. The van der Waals surface area contributed by atoms with Gasteiger partial charge in [0.2, 0.25) is 0 Å². The van der Waals surface area contributed by atoms with Gasteiger partial charge in [-0.2, -0.15) is 0 Å². The van der Waals surface area contributed by atoms with E-state index in [0.29, 0.717) is 12.5 Å². The minimum absolute atomic E-state index is 0.349. The second kappa shape index (κ2) is 6.84. The third-order valence-electron chi connectivity index (χ3n) is 4.00. The first-order chi connectivity index (χ1) is 10.7. The van der Waals surface area contributed by atoms with E-state index in [4.69, 9.17) is 16.3 Å². The smallest absolute Gasteiger partial charge is 0.316 e. The molecule has 3 nitrogen and oxygen atoms in total. The Morgan fingerprint density at radius 1 is 1.05 bits per heavy atom. The van der Waals surface area contributed by atoms with E-state index < -0.39 is 0 Å².